The fourth-order valence-corrected chi connectivity index (χ4v) is 3.17. The topological polar surface area (TPSA) is 77.2 Å². The molecule has 0 saturated carbocycles. The second-order valence-corrected chi connectivity index (χ2v) is 7.26. The van der Waals surface area contributed by atoms with Crippen molar-refractivity contribution in [3.63, 3.8) is 0 Å². The van der Waals surface area contributed by atoms with E-state index in [-0.39, 0.29) is 11.7 Å². The Balaban J connectivity index is 1.52. The molecule has 27 heavy (non-hydrogen) atoms. The molecule has 1 N–H and O–H groups in total. The number of rotatable bonds is 7. The normalized spacial score (nSPS) is 10.6. The zero-order chi connectivity index (χ0) is 19.2. The lowest BCUT2D eigenvalue weighted by Crippen LogP contribution is -2.14. The molecule has 0 bridgehead atoms. The largest absolute Gasteiger partial charge is 0.495 e. The van der Waals surface area contributed by atoms with Gasteiger partial charge in [-0.15, -0.1) is 11.8 Å². The van der Waals surface area contributed by atoms with Crippen LogP contribution in [0.1, 0.15) is 5.89 Å². The minimum atomic E-state index is -0.182. The van der Waals surface area contributed by atoms with E-state index in [0.29, 0.717) is 39.0 Å². The van der Waals surface area contributed by atoms with E-state index in [4.69, 9.17) is 32.5 Å². The van der Waals surface area contributed by atoms with E-state index in [0.717, 1.165) is 5.56 Å². The molecule has 0 atom stereocenters. The summed E-state index contributed by atoms with van der Waals surface area (Å²) in [5.74, 6) is 1.92. The van der Waals surface area contributed by atoms with Crippen LogP contribution in [0.2, 0.25) is 10.0 Å². The van der Waals surface area contributed by atoms with Gasteiger partial charge in [0.15, 0.2) is 0 Å². The number of nitrogens with one attached hydrogen (secondary N) is 1. The summed E-state index contributed by atoms with van der Waals surface area (Å²) >= 11 is 13.2. The van der Waals surface area contributed by atoms with Crippen molar-refractivity contribution in [2.24, 2.45) is 0 Å². The minimum Gasteiger partial charge on any atom is -0.495 e. The van der Waals surface area contributed by atoms with Gasteiger partial charge in [-0.05, 0) is 42.5 Å². The molecule has 0 radical (unpaired) electrons. The number of nitrogens with zero attached hydrogens (tertiary/aromatic N) is 2. The molecule has 0 unspecified atom stereocenters. The molecule has 1 heterocycles. The summed E-state index contributed by atoms with van der Waals surface area (Å²) in [6.45, 7) is 0. The first kappa shape index (κ1) is 19.5. The first-order chi connectivity index (χ1) is 13.0. The standard InChI is InChI=1S/C18H15Cl2N3O3S/c1-25-15-7-6-13(20)8-14(15)21-16(24)9-27-10-17-22-18(23-26-17)11-2-4-12(19)5-3-11/h2-8H,9-10H2,1H3,(H,21,24). The van der Waals surface area contributed by atoms with Gasteiger partial charge in [0.1, 0.15) is 5.75 Å². The van der Waals surface area contributed by atoms with E-state index in [1.807, 2.05) is 12.1 Å². The van der Waals surface area contributed by atoms with Gasteiger partial charge in [-0.25, -0.2) is 0 Å². The van der Waals surface area contributed by atoms with E-state index in [9.17, 15) is 4.79 Å². The fraction of sp³-hybridized carbons (Fsp3) is 0.167. The molecule has 0 aliphatic heterocycles. The number of hydrogen-bond acceptors (Lipinski definition) is 6. The Bertz CT molecular complexity index is 932. The lowest BCUT2D eigenvalue weighted by molar-refractivity contribution is -0.113. The highest BCUT2D eigenvalue weighted by molar-refractivity contribution is 7.99. The van der Waals surface area contributed by atoms with Crippen molar-refractivity contribution in [1.82, 2.24) is 10.1 Å². The van der Waals surface area contributed by atoms with Crippen molar-refractivity contribution < 1.29 is 14.1 Å². The van der Waals surface area contributed by atoms with Crippen molar-refractivity contribution in [1.29, 1.82) is 0 Å². The summed E-state index contributed by atoms with van der Waals surface area (Å²) in [7, 11) is 1.53. The maximum Gasteiger partial charge on any atom is 0.236 e. The van der Waals surface area contributed by atoms with E-state index < -0.39 is 0 Å². The quantitative estimate of drug-likeness (QED) is 0.580. The highest BCUT2D eigenvalue weighted by Gasteiger charge is 2.11. The summed E-state index contributed by atoms with van der Waals surface area (Å²) in [6, 6.07) is 12.2. The molecular formula is C18H15Cl2N3O3S. The van der Waals surface area contributed by atoms with Gasteiger partial charge < -0.3 is 14.6 Å². The lowest BCUT2D eigenvalue weighted by atomic mass is 10.2. The van der Waals surface area contributed by atoms with Crippen LogP contribution in [-0.2, 0) is 10.5 Å². The van der Waals surface area contributed by atoms with E-state index >= 15 is 0 Å². The molecule has 3 rings (SSSR count). The van der Waals surface area contributed by atoms with Gasteiger partial charge in [-0.1, -0.05) is 28.4 Å². The van der Waals surface area contributed by atoms with Crippen molar-refractivity contribution in [2.75, 3.05) is 18.2 Å². The average molecular weight is 424 g/mol. The zero-order valence-corrected chi connectivity index (χ0v) is 16.6. The smallest absolute Gasteiger partial charge is 0.236 e. The number of benzene rings is 2. The Morgan fingerprint density at radius 3 is 2.67 bits per heavy atom. The molecule has 3 aromatic rings. The number of anilines is 1. The van der Waals surface area contributed by atoms with E-state index in [2.05, 4.69) is 15.5 Å². The van der Waals surface area contributed by atoms with Crippen LogP contribution >= 0.6 is 35.0 Å². The van der Waals surface area contributed by atoms with Crippen LogP contribution in [0.3, 0.4) is 0 Å². The molecule has 9 heteroatoms. The Labute approximate surface area is 170 Å². The highest BCUT2D eigenvalue weighted by atomic mass is 35.5. The number of halogens is 2. The van der Waals surface area contributed by atoms with Gasteiger partial charge in [0.25, 0.3) is 0 Å². The molecule has 140 valence electrons. The van der Waals surface area contributed by atoms with Gasteiger partial charge in [-0.2, -0.15) is 4.98 Å². The molecular weight excluding hydrogens is 409 g/mol. The predicted octanol–water partition coefficient (Wildman–Crippen LogP) is 4.92. The molecule has 0 aliphatic carbocycles. The second kappa shape index (κ2) is 9.12. The first-order valence-corrected chi connectivity index (χ1v) is 9.76. The van der Waals surface area contributed by atoms with Crippen LogP contribution < -0.4 is 10.1 Å². The summed E-state index contributed by atoms with van der Waals surface area (Å²) in [6.07, 6.45) is 0. The van der Waals surface area contributed by atoms with Gasteiger partial charge in [0.2, 0.25) is 17.6 Å². The Morgan fingerprint density at radius 2 is 1.93 bits per heavy atom. The zero-order valence-electron chi connectivity index (χ0n) is 14.2. The summed E-state index contributed by atoms with van der Waals surface area (Å²) in [5, 5.41) is 7.87. The summed E-state index contributed by atoms with van der Waals surface area (Å²) in [5.41, 5.74) is 1.34. The maximum atomic E-state index is 12.1. The van der Waals surface area contributed by atoms with Crippen LogP contribution in [0.15, 0.2) is 47.0 Å². The predicted molar refractivity (Wildman–Crippen MR) is 108 cm³/mol. The van der Waals surface area contributed by atoms with Crippen LogP contribution in [0.25, 0.3) is 11.4 Å². The van der Waals surface area contributed by atoms with Crippen molar-refractivity contribution >= 4 is 46.6 Å². The Kier molecular flexibility index (Phi) is 6.60. The fourth-order valence-electron chi connectivity index (χ4n) is 2.22. The molecule has 2 aromatic carbocycles. The van der Waals surface area contributed by atoms with Gasteiger partial charge in [0, 0.05) is 15.6 Å². The molecule has 0 fully saturated rings. The molecule has 1 aromatic heterocycles. The molecule has 0 saturated heterocycles. The van der Waals surface area contributed by atoms with Crippen LogP contribution in [-0.4, -0.2) is 28.9 Å². The Hall–Kier alpha value is -2.22. The van der Waals surface area contributed by atoms with Crippen molar-refractivity contribution in [2.45, 2.75) is 5.75 Å². The number of methoxy groups -OCH3 is 1. The number of thioether (sulfide) groups is 1. The third-order valence-electron chi connectivity index (χ3n) is 3.46. The van der Waals surface area contributed by atoms with E-state index in [1.54, 1.807) is 30.3 Å². The number of hydrogen-bond donors (Lipinski definition) is 1. The molecule has 0 spiro atoms. The van der Waals surface area contributed by atoms with Gasteiger partial charge in [-0.3, -0.25) is 4.79 Å². The lowest BCUT2D eigenvalue weighted by Gasteiger charge is -2.10. The third kappa shape index (κ3) is 5.38. The maximum absolute atomic E-state index is 12.1. The molecule has 1 amide bonds. The van der Waals surface area contributed by atoms with Crippen LogP contribution in [0.5, 0.6) is 5.75 Å². The summed E-state index contributed by atoms with van der Waals surface area (Å²) < 4.78 is 10.4. The van der Waals surface area contributed by atoms with Crippen LogP contribution in [0.4, 0.5) is 5.69 Å². The molecule has 6 nitrogen and oxygen atoms in total. The summed E-state index contributed by atoms with van der Waals surface area (Å²) in [4.78, 5) is 16.5. The Morgan fingerprint density at radius 1 is 1.19 bits per heavy atom. The number of carbonyl (C=O) groups excluding carboxylic acids is 1. The molecule has 0 aliphatic rings. The second-order valence-electron chi connectivity index (χ2n) is 5.40. The third-order valence-corrected chi connectivity index (χ3v) is 4.87. The van der Waals surface area contributed by atoms with Crippen LogP contribution in [0, 0.1) is 0 Å². The number of amides is 1. The average Bonchev–Trinajstić information content (AvgIpc) is 3.11. The SMILES string of the molecule is COc1ccc(Cl)cc1NC(=O)CSCc1nc(-c2ccc(Cl)cc2)no1. The van der Waals surface area contributed by atoms with Gasteiger partial charge >= 0.3 is 0 Å². The van der Waals surface area contributed by atoms with Crippen molar-refractivity contribution in [3.05, 3.63) is 58.4 Å². The highest BCUT2D eigenvalue weighted by Crippen LogP contribution is 2.28. The number of ether oxygens (including phenoxy) is 1. The first-order valence-electron chi connectivity index (χ1n) is 7.85. The minimum absolute atomic E-state index is 0.182. The van der Waals surface area contributed by atoms with Gasteiger partial charge in [0.05, 0.1) is 24.3 Å². The number of aromatic nitrogens is 2. The number of carbonyl (C=O) groups is 1. The monoisotopic (exact) mass is 423 g/mol. The van der Waals surface area contributed by atoms with E-state index in [1.165, 1.54) is 18.9 Å². The van der Waals surface area contributed by atoms with Crippen molar-refractivity contribution in [3.8, 4) is 17.1 Å².